The van der Waals surface area contributed by atoms with Gasteiger partial charge >= 0.3 is 24.0 Å². The van der Waals surface area contributed by atoms with Gasteiger partial charge in [-0.1, -0.05) is 20.8 Å². The third kappa shape index (κ3) is 7.92. The molecule has 0 amide bonds. The van der Waals surface area contributed by atoms with Gasteiger partial charge in [-0.3, -0.25) is 4.79 Å². The molecule has 0 saturated carbocycles. The summed E-state index contributed by atoms with van der Waals surface area (Å²) in [5.41, 5.74) is 0. The molecule has 0 fully saturated rings. The fraction of sp³-hybridized carbons (Fsp3) is 0.938. The van der Waals surface area contributed by atoms with E-state index in [0.29, 0.717) is 12.8 Å². The van der Waals surface area contributed by atoms with Crippen LogP contribution in [0.2, 0.25) is 0 Å². The van der Waals surface area contributed by atoms with Crippen LogP contribution in [0.5, 0.6) is 0 Å². The zero-order chi connectivity index (χ0) is 20.6. The predicted octanol–water partition coefficient (Wildman–Crippen LogP) is 6.09. The van der Waals surface area contributed by atoms with Gasteiger partial charge in [0.25, 0.3) is 0 Å². The Labute approximate surface area is 153 Å². The number of carbonyl (C=O) groups excluding carboxylic acids is 1. The van der Waals surface area contributed by atoms with Crippen molar-refractivity contribution in [1.82, 2.24) is 0 Å². The van der Waals surface area contributed by atoms with E-state index >= 15 is 0 Å². The number of hydrogen-bond donors (Lipinski definition) is 0. The molecule has 26 heavy (non-hydrogen) atoms. The molecule has 1 atom stereocenters. The molecule has 0 aliphatic heterocycles. The van der Waals surface area contributed by atoms with Crippen molar-refractivity contribution in [2.45, 2.75) is 76.1 Å². The Morgan fingerprint density at radius 1 is 1.04 bits per heavy atom. The minimum atomic E-state index is -6.29. The monoisotopic (exact) mass is 414 g/mol. The summed E-state index contributed by atoms with van der Waals surface area (Å²) in [4.78, 5) is 11.9. The van der Waals surface area contributed by atoms with Crippen LogP contribution in [0.1, 0.15) is 52.9 Å². The minimum Gasteiger partial charge on any atom is -0.465 e. The number of alkyl halides is 7. The Kier molecular flexibility index (Phi) is 10.3. The zero-order valence-electron chi connectivity index (χ0n) is 15.0. The van der Waals surface area contributed by atoms with Crippen LogP contribution >= 0.6 is 11.8 Å². The van der Waals surface area contributed by atoms with E-state index in [2.05, 4.69) is 0 Å². The van der Waals surface area contributed by atoms with Gasteiger partial charge in [0, 0.05) is 6.42 Å². The Balaban J connectivity index is 4.46. The molecule has 1 unspecified atom stereocenters. The largest absolute Gasteiger partial charge is 0.465 e. The lowest BCUT2D eigenvalue weighted by Gasteiger charge is -2.28. The smallest absolute Gasteiger partial charge is 0.459 e. The second kappa shape index (κ2) is 10.6. The number of rotatable bonds is 12. The van der Waals surface area contributed by atoms with Crippen molar-refractivity contribution in [3.8, 4) is 0 Å². The highest BCUT2D eigenvalue weighted by molar-refractivity contribution is 8.00. The van der Waals surface area contributed by atoms with Crippen molar-refractivity contribution < 1.29 is 40.3 Å². The standard InChI is InChI=1S/C16H25F7O2S/c1-4-8-25-13(24)12(10-11(2)3)26-9-6-5-7-14(17,18)15(19,20)16(21,22)23/h11-12H,4-10H2,1-3H3. The number of ether oxygens (including phenoxy) is 1. The van der Waals surface area contributed by atoms with E-state index in [9.17, 15) is 35.5 Å². The molecule has 156 valence electrons. The summed E-state index contributed by atoms with van der Waals surface area (Å²) in [5, 5.41) is -0.515. The van der Waals surface area contributed by atoms with Gasteiger partial charge in [-0.25, -0.2) is 0 Å². The molecule has 0 heterocycles. The van der Waals surface area contributed by atoms with Gasteiger partial charge in [-0.15, -0.1) is 11.8 Å². The van der Waals surface area contributed by atoms with E-state index < -0.39 is 42.1 Å². The van der Waals surface area contributed by atoms with Gasteiger partial charge in [0.15, 0.2) is 0 Å². The fourth-order valence-corrected chi connectivity index (χ4v) is 3.38. The molecule has 0 spiro atoms. The van der Waals surface area contributed by atoms with Crippen LogP contribution < -0.4 is 0 Å². The lowest BCUT2D eigenvalue weighted by atomic mass is 10.0. The van der Waals surface area contributed by atoms with Gasteiger partial charge < -0.3 is 4.74 Å². The van der Waals surface area contributed by atoms with Gasteiger partial charge in [0.2, 0.25) is 0 Å². The van der Waals surface area contributed by atoms with Gasteiger partial charge in [-0.2, -0.15) is 30.7 Å². The number of thioether (sulfide) groups is 1. The molecule has 0 radical (unpaired) electrons. The van der Waals surface area contributed by atoms with Gasteiger partial charge in [0.1, 0.15) is 5.25 Å². The predicted molar refractivity (Wildman–Crippen MR) is 86.8 cm³/mol. The lowest BCUT2D eigenvalue weighted by molar-refractivity contribution is -0.355. The van der Waals surface area contributed by atoms with E-state index in [-0.39, 0.29) is 24.7 Å². The molecule has 0 saturated heterocycles. The summed E-state index contributed by atoms with van der Waals surface area (Å²) in [6.45, 7) is 5.86. The molecule has 0 bridgehead atoms. The van der Waals surface area contributed by atoms with Crippen LogP contribution in [-0.4, -0.2) is 41.6 Å². The summed E-state index contributed by atoms with van der Waals surface area (Å²) in [6.07, 6.45) is -7.25. The SMILES string of the molecule is CCCOC(=O)C(CC(C)C)SCCCCC(F)(F)C(F)(F)C(F)(F)F. The van der Waals surface area contributed by atoms with Crippen LogP contribution in [0.15, 0.2) is 0 Å². The van der Waals surface area contributed by atoms with Crippen molar-refractivity contribution >= 4 is 17.7 Å². The number of carbonyl (C=O) groups is 1. The second-order valence-electron chi connectivity index (χ2n) is 6.39. The summed E-state index contributed by atoms with van der Waals surface area (Å²) in [6, 6.07) is 0. The third-order valence-corrected chi connectivity index (χ3v) is 4.73. The van der Waals surface area contributed by atoms with Crippen LogP contribution in [-0.2, 0) is 9.53 Å². The van der Waals surface area contributed by atoms with Crippen LogP contribution in [0.3, 0.4) is 0 Å². The fourth-order valence-electron chi connectivity index (χ4n) is 2.00. The van der Waals surface area contributed by atoms with E-state index in [0.717, 1.165) is 11.8 Å². The summed E-state index contributed by atoms with van der Waals surface area (Å²) < 4.78 is 93.0. The molecule has 0 N–H and O–H groups in total. The molecule has 0 aliphatic rings. The first-order valence-electron chi connectivity index (χ1n) is 8.36. The first-order valence-corrected chi connectivity index (χ1v) is 9.41. The highest BCUT2D eigenvalue weighted by Gasteiger charge is 2.72. The van der Waals surface area contributed by atoms with Crippen molar-refractivity contribution in [3.63, 3.8) is 0 Å². The van der Waals surface area contributed by atoms with Crippen molar-refractivity contribution in [2.75, 3.05) is 12.4 Å². The van der Waals surface area contributed by atoms with Crippen molar-refractivity contribution in [3.05, 3.63) is 0 Å². The number of hydrogen-bond acceptors (Lipinski definition) is 3. The molecular formula is C16H25F7O2S. The highest BCUT2D eigenvalue weighted by Crippen LogP contribution is 2.48. The number of halogens is 7. The summed E-state index contributed by atoms with van der Waals surface area (Å²) in [5.74, 6) is -11.3. The van der Waals surface area contributed by atoms with Gasteiger partial charge in [-0.05, 0) is 37.4 Å². The highest BCUT2D eigenvalue weighted by atomic mass is 32.2. The third-order valence-electron chi connectivity index (χ3n) is 3.42. The van der Waals surface area contributed by atoms with Crippen LogP contribution in [0.25, 0.3) is 0 Å². The second-order valence-corrected chi connectivity index (χ2v) is 7.70. The van der Waals surface area contributed by atoms with E-state index in [1.165, 1.54) is 0 Å². The molecule has 0 rings (SSSR count). The molecule has 2 nitrogen and oxygen atoms in total. The Morgan fingerprint density at radius 3 is 2.08 bits per heavy atom. The zero-order valence-corrected chi connectivity index (χ0v) is 15.8. The molecule has 0 aromatic rings. The van der Waals surface area contributed by atoms with E-state index in [1.807, 2.05) is 20.8 Å². The summed E-state index contributed by atoms with van der Waals surface area (Å²) in [7, 11) is 0. The normalized spacial score (nSPS) is 14.6. The van der Waals surface area contributed by atoms with Crippen LogP contribution in [0, 0.1) is 5.92 Å². The molecular weight excluding hydrogens is 389 g/mol. The average Bonchev–Trinajstić information content (AvgIpc) is 2.49. The minimum absolute atomic E-state index is 0.0101. The quantitative estimate of drug-likeness (QED) is 0.220. The first-order chi connectivity index (χ1) is 11.8. The molecule has 0 aromatic carbocycles. The topological polar surface area (TPSA) is 26.3 Å². The summed E-state index contributed by atoms with van der Waals surface area (Å²) >= 11 is 1.14. The van der Waals surface area contributed by atoms with E-state index in [4.69, 9.17) is 4.74 Å². The number of esters is 1. The van der Waals surface area contributed by atoms with Crippen LogP contribution in [0.4, 0.5) is 30.7 Å². The first kappa shape index (κ1) is 25.3. The number of unbranched alkanes of at least 4 members (excludes halogenated alkanes) is 1. The molecule has 0 aromatic heterocycles. The van der Waals surface area contributed by atoms with E-state index in [1.54, 1.807) is 0 Å². The maximum atomic E-state index is 13.2. The van der Waals surface area contributed by atoms with Gasteiger partial charge in [0.05, 0.1) is 6.61 Å². The Bertz CT molecular complexity index is 425. The molecule has 0 aliphatic carbocycles. The Morgan fingerprint density at radius 2 is 1.62 bits per heavy atom. The Hall–Kier alpha value is -0.670. The molecule has 10 heteroatoms. The van der Waals surface area contributed by atoms with Crippen molar-refractivity contribution in [2.24, 2.45) is 5.92 Å². The maximum absolute atomic E-state index is 13.2. The lowest BCUT2D eigenvalue weighted by Crippen LogP contribution is -2.51. The maximum Gasteiger partial charge on any atom is 0.459 e. The average molecular weight is 414 g/mol. The van der Waals surface area contributed by atoms with Crippen molar-refractivity contribution in [1.29, 1.82) is 0 Å².